The molecule has 1 aliphatic rings. The van der Waals surface area contributed by atoms with Crippen molar-refractivity contribution in [3.63, 3.8) is 0 Å². The fourth-order valence-electron chi connectivity index (χ4n) is 1.70. The molecular formula is C11H13N3S. The highest BCUT2D eigenvalue weighted by atomic mass is 32.2. The van der Waals surface area contributed by atoms with Crippen LogP contribution in [0.1, 0.15) is 12.1 Å². The van der Waals surface area contributed by atoms with Crippen LogP contribution in [0.4, 0.5) is 5.82 Å². The standard InChI is InChI=1S/C11H13N3S/c1-14(10-5-6-15-8-10)11-4-2-3-9(7-12)13-11/h2-4,10H,5-6,8H2,1H3. The Labute approximate surface area is 94.1 Å². The van der Waals surface area contributed by atoms with E-state index in [-0.39, 0.29) is 0 Å². The lowest BCUT2D eigenvalue weighted by molar-refractivity contribution is 0.691. The molecular weight excluding hydrogens is 206 g/mol. The molecule has 0 radical (unpaired) electrons. The summed E-state index contributed by atoms with van der Waals surface area (Å²) in [5.41, 5.74) is 0.491. The monoisotopic (exact) mass is 219 g/mol. The smallest absolute Gasteiger partial charge is 0.142 e. The highest BCUT2D eigenvalue weighted by Crippen LogP contribution is 2.24. The molecule has 0 amide bonds. The van der Waals surface area contributed by atoms with Crippen molar-refractivity contribution in [2.75, 3.05) is 23.5 Å². The van der Waals surface area contributed by atoms with E-state index in [0.717, 1.165) is 11.6 Å². The molecule has 0 N–H and O–H groups in total. The zero-order valence-electron chi connectivity index (χ0n) is 8.68. The summed E-state index contributed by atoms with van der Waals surface area (Å²) < 4.78 is 0. The maximum atomic E-state index is 8.77. The van der Waals surface area contributed by atoms with Crippen LogP contribution in [0, 0.1) is 11.3 Å². The predicted octanol–water partition coefficient (Wildman–Crippen LogP) is 1.89. The molecule has 4 heteroatoms. The van der Waals surface area contributed by atoms with E-state index < -0.39 is 0 Å². The quantitative estimate of drug-likeness (QED) is 0.761. The van der Waals surface area contributed by atoms with Gasteiger partial charge in [0.15, 0.2) is 0 Å². The van der Waals surface area contributed by atoms with Crippen molar-refractivity contribution < 1.29 is 0 Å². The van der Waals surface area contributed by atoms with Gasteiger partial charge in [-0.25, -0.2) is 4.98 Å². The summed E-state index contributed by atoms with van der Waals surface area (Å²) in [6.45, 7) is 0. The molecule has 0 saturated carbocycles. The van der Waals surface area contributed by atoms with Gasteiger partial charge in [-0.2, -0.15) is 17.0 Å². The van der Waals surface area contributed by atoms with Crippen molar-refractivity contribution in [1.82, 2.24) is 4.98 Å². The Balaban J connectivity index is 2.17. The van der Waals surface area contributed by atoms with E-state index in [2.05, 4.69) is 23.0 Å². The Hall–Kier alpha value is -1.21. The lowest BCUT2D eigenvalue weighted by atomic mass is 10.2. The van der Waals surface area contributed by atoms with Crippen molar-refractivity contribution in [2.24, 2.45) is 0 Å². The Morgan fingerprint density at radius 1 is 1.60 bits per heavy atom. The number of thioether (sulfide) groups is 1. The van der Waals surface area contributed by atoms with Gasteiger partial charge in [0.05, 0.1) is 0 Å². The molecule has 1 fully saturated rings. The van der Waals surface area contributed by atoms with Crippen LogP contribution in [-0.4, -0.2) is 29.6 Å². The van der Waals surface area contributed by atoms with Gasteiger partial charge < -0.3 is 4.90 Å². The first-order valence-electron chi connectivity index (χ1n) is 4.99. The molecule has 0 bridgehead atoms. The Morgan fingerprint density at radius 2 is 2.47 bits per heavy atom. The topological polar surface area (TPSA) is 39.9 Å². The first-order chi connectivity index (χ1) is 7.31. The van der Waals surface area contributed by atoms with Gasteiger partial charge in [-0.05, 0) is 24.3 Å². The lowest BCUT2D eigenvalue weighted by Gasteiger charge is -2.24. The van der Waals surface area contributed by atoms with Crippen molar-refractivity contribution >= 4 is 17.6 Å². The summed E-state index contributed by atoms with van der Waals surface area (Å²) >= 11 is 1.98. The molecule has 1 unspecified atom stereocenters. The van der Waals surface area contributed by atoms with E-state index in [0.29, 0.717) is 11.7 Å². The van der Waals surface area contributed by atoms with Crippen LogP contribution in [0.5, 0.6) is 0 Å². The number of nitrogens with zero attached hydrogens (tertiary/aromatic N) is 3. The normalized spacial score (nSPS) is 19.9. The molecule has 15 heavy (non-hydrogen) atoms. The third-order valence-electron chi connectivity index (χ3n) is 2.66. The summed E-state index contributed by atoms with van der Waals surface area (Å²) in [6, 6.07) is 8.22. The van der Waals surface area contributed by atoms with Crippen LogP contribution in [-0.2, 0) is 0 Å². The van der Waals surface area contributed by atoms with E-state index in [4.69, 9.17) is 5.26 Å². The average molecular weight is 219 g/mol. The zero-order chi connectivity index (χ0) is 10.7. The summed E-state index contributed by atoms with van der Waals surface area (Å²) in [5.74, 6) is 3.29. The fourth-order valence-corrected chi connectivity index (χ4v) is 2.96. The molecule has 1 aromatic rings. The third-order valence-corrected chi connectivity index (χ3v) is 3.81. The summed E-state index contributed by atoms with van der Waals surface area (Å²) in [6.07, 6.45) is 1.21. The van der Waals surface area contributed by atoms with Crippen LogP contribution in [0.15, 0.2) is 18.2 Å². The van der Waals surface area contributed by atoms with Gasteiger partial charge in [-0.1, -0.05) is 6.07 Å². The Kier molecular flexibility index (Phi) is 3.12. The summed E-state index contributed by atoms with van der Waals surface area (Å²) in [5, 5.41) is 8.77. The van der Waals surface area contributed by atoms with Gasteiger partial charge >= 0.3 is 0 Å². The number of pyridine rings is 1. The number of hydrogen-bond donors (Lipinski definition) is 0. The van der Waals surface area contributed by atoms with E-state index in [1.807, 2.05) is 23.9 Å². The second-order valence-corrected chi connectivity index (χ2v) is 4.77. The van der Waals surface area contributed by atoms with Gasteiger partial charge in [0.1, 0.15) is 17.6 Å². The zero-order valence-corrected chi connectivity index (χ0v) is 9.50. The first-order valence-corrected chi connectivity index (χ1v) is 6.14. The molecule has 0 spiro atoms. The minimum atomic E-state index is 0.491. The Morgan fingerprint density at radius 3 is 3.13 bits per heavy atom. The molecule has 1 aromatic heterocycles. The van der Waals surface area contributed by atoms with E-state index in [1.54, 1.807) is 6.07 Å². The van der Waals surface area contributed by atoms with Gasteiger partial charge in [-0.15, -0.1) is 0 Å². The van der Waals surface area contributed by atoms with Crippen LogP contribution >= 0.6 is 11.8 Å². The highest BCUT2D eigenvalue weighted by Gasteiger charge is 2.20. The largest absolute Gasteiger partial charge is 0.356 e. The number of rotatable bonds is 2. The first kappa shape index (κ1) is 10.3. The fraction of sp³-hybridized carbons (Fsp3) is 0.455. The van der Waals surface area contributed by atoms with Crippen LogP contribution in [0.2, 0.25) is 0 Å². The van der Waals surface area contributed by atoms with Gasteiger partial charge in [-0.3, -0.25) is 0 Å². The third kappa shape index (κ3) is 2.24. The van der Waals surface area contributed by atoms with Crippen molar-refractivity contribution in [1.29, 1.82) is 5.26 Å². The van der Waals surface area contributed by atoms with Gasteiger partial charge in [0.25, 0.3) is 0 Å². The summed E-state index contributed by atoms with van der Waals surface area (Å²) in [7, 11) is 2.06. The molecule has 0 aliphatic carbocycles. The highest BCUT2D eigenvalue weighted by molar-refractivity contribution is 7.99. The molecule has 3 nitrogen and oxygen atoms in total. The molecule has 1 saturated heterocycles. The molecule has 1 atom stereocenters. The van der Waals surface area contributed by atoms with Gasteiger partial charge in [0, 0.05) is 18.8 Å². The maximum absolute atomic E-state index is 8.77. The van der Waals surface area contributed by atoms with E-state index in [1.165, 1.54) is 12.2 Å². The van der Waals surface area contributed by atoms with Crippen molar-refractivity contribution in [3.8, 4) is 6.07 Å². The Bertz CT molecular complexity index is 380. The SMILES string of the molecule is CN(c1cccc(C#N)n1)C1CCSC1. The van der Waals surface area contributed by atoms with Gasteiger partial charge in [0.2, 0.25) is 0 Å². The van der Waals surface area contributed by atoms with Crippen LogP contribution < -0.4 is 4.90 Å². The number of anilines is 1. The lowest BCUT2D eigenvalue weighted by Crippen LogP contribution is -2.31. The minimum absolute atomic E-state index is 0.491. The van der Waals surface area contributed by atoms with Crippen molar-refractivity contribution in [3.05, 3.63) is 23.9 Å². The van der Waals surface area contributed by atoms with Crippen LogP contribution in [0.25, 0.3) is 0 Å². The molecule has 2 rings (SSSR count). The predicted molar refractivity (Wildman–Crippen MR) is 63.1 cm³/mol. The van der Waals surface area contributed by atoms with E-state index in [9.17, 15) is 0 Å². The minimum Gasteiger partial charge on any atom is -0.356 e. The molecule has 1 aliphatic heterocycles. The maximum Gasteiger partial charge on any atom is 0.142 e. The number of aromatic nitrogens is 1. The second-order valence-electron chi connectivity index (χ2n) is 3.62. The number of nitriles is 1. The van der Waals surface area contributed by atoms with Crippen molar-refractivity contribution in [2.45, 2.75) is 12.5 Å². The summed E-state index contributed by atoms with van der Waals surface area (Å²) in [4.78, 5) is 6.47. The molecule has 2 heterocycles. The number of hydrogen-bond acceptors (Lipinski definition) is 4. The molecule has 0 aromatic carbocycles. The average Bonchev–Trinajstić information content (AvgIpc) is 2.81. The van der Waals surface area contributed by atoms with Crippen LogP contribution in [0.3, 0.4) is 0 Å². The molecule has 78 valence electrons. The second kappa shape index (κ2) is 4.54. The van der Waals surface area contributed by atoms with E-state index >= 15 is 0 Å².